The summed E-state index contributed by atoms with van der Waals surface area (Å²) < 4.78 is 0.766. The standard InChI is InChI=1S/C15H13Cl2N5OS2/c1-8(20-13(23)6-24-15-22-19-7-25-15)14-18-5-12(21-14)9-2-3-10(16)11(17)4-9/h2-5,7-8H,6H2,1H3,(H,18,21)(H,20,23)/t8-/m1/s1. The fourth-order valence-corrected chi connectivity index (χ4v) is 3.67. The molecular formula is C15H13Cl2N5OS2. The predicted octanol–water partition coefficient (Wildman–Crippen LogP) is 4.20. The molecule has 130 valence electrons. The van der Waals surface area contributed by atoms with E-state index in [0.717, 1.165) is 15.6 Å². The lowest BCUT2D eigenvalue weighted by molar-refractivity contribution is -0.119. The van der Waals surface area contributed by atoms with Crippen molar-refractivity contribution in [2.75, 3.05) is 5.75 Å². The molecule has 0 fully saturated rings. The Bertz CT molecular complexity index is 869. The largest absolute Gasteiger partial charge is 0.346 e. The van der Waals surface area contributed by atoms with Crippen LogP contribution in [0.15, 0.2) is 34.2 Å². The lowest BCUT2D eigenvalue weighted by atomic mass is 10.2. The first-order chi connectivity index (χ1) is 12.0. The van der Waals surface area contributed by atoms with Crippen molar-refractivity contribution in [1.29, 1.82) is 0 Å². The number of rotatable bonds is 6. The first-order valence-electron chi connectivity index (χ1n) is 7.21. The summed E-state index contributed by atoms with van der Waals surface area (Å²) in [6.45, 7) is 1.87. The molecule has 0 aliphatic rings. The third-order valence-electron chi connectivity index (χ3n) is 3.28. The molecule has 2 N–H and O–H groups in total. The molecule has 0 bridgehead atoms. The molecule has 3 rings (SSSR count). The van der Waals surface area contributed by atoms with Gasteiger partial charge in [0.05, 0.1) is 33.7 Å². The van der Waals surface area contributed by atoms with E-state index in [-0.39, 0.29) is 17.7 Å². The summed E-state index contributed by atoms with van der Waals surface area (Å²) in [5, 5.41) is 11.5. The highest BCUT2D eigenvalue weighted by atomic mass is 35.5. The van der Waals surface area contributed by atoms with Crippen LogP contribution >= 0.6 is 46.3 Å². The highest BCUT2D eigenvalue weighted by Crippen LogP contribution is 2.28. The van der Waals surface area contributed by atoms with Crippen molar-refractivity contribution in [1.82, 2.24) is 25.5 Å². The van der Waals surface area contributed by atoms with Crippen LogP contribution in [-0.2, 0) is 4.79 Å². The van der Waals surface area contributed by atoms with Crippen LogP contribution in [0.25, 0.3) is 11.3 Å². The van der Waals surface area contributed by atoms with Crippen LogP contribution in [0.5, 0.6) is 0 Å². The SMILES string of the molecule is C[C@@H](NC(=O)CSc1nncs1)c1ncc(-c2ccc(Cl)c(Cl)c2)[nH]1. The highest BCUT2D eigenvalue weighted by Gasteiger charge is 2.14. The number of nitrogens with one attached hydrogen (secondary N) is 2. The number of H-pyrrole nitrogens is 1. The number of carbonyl (C=O) groups is 1. The molecule has 6 nitrogen and oxygen atoms in total. The van der Waals surface area contributed by atoms with Gasteiger partial charge in [-0.3, -0.25) is 4.79 Å². The van der Waals surface area contributed by atoms with Gasteiger partial charge in [-0.2, -0.15) is 0 Å². The Morgan fingerprint density at radius 3 is 2.96 bits per heavy atom. The number of imidazole rings is 1. The van der Waals surface area contributed by atoms with E-state index < -0.39 is 0 Å². The average molecular weight is 414 g/mol. The van der Waals surface area contributed by atoms with Crippen molar-refractivity contribution in [2.24, 2.45) is 0 Å². The van der Waals surface area contributed by atoms with Gasteiger partial charge in [0, 0.05) is 5.56 Å². The van der Waals surface area contributed by atoms with Gasteiger partial charge in [-0.25, -0.2) is 4.98 Å². The maximum atomic E-state index is 12.0. The Morgan fingerprint density at radius 2 is 2.24 bits per heavy atom. The zero-order chi connectivity index (χ0) is 17.8. The number of aromatic amines is 1. The smallest absolute Gasteiger partial charge is 0.231 e. The van der Waals surface area contributed by atoms with Gasteiger partial charge in [-0.05, 0) is 19.1 Å². The number of thioether (sulfide) groups is 1. The van der Waals surface area contributed by atoms with E-state index in [4.69, 9.17) is 23.2 Å². The lowest BCUT2D eigenvalue weighted by Crippen LogP contribution is -2.28. The zero-order valence-corrected chi connectivity index (χ0v) is 16.1. The molecule has 3 aromatic rings. The van der Waals surface area contributed by atoms with Gasteiger partial charge >= 0.3 is 0 Å². The molecule has 1 aromatic carbocycles. The molecule has 25 heavy (non-hydrogen) atoms. The first kappa shape index (κ1) is 18.2. The molecule has 2 heterocycles. The number of nitrogens with zero attached hydrogens (tertiary/aromatic N) is 3. The Kier molecular flexibility index (Phi) is 5.95. The topological polar surface area (TPSA) is 83.6 Å². The molecule has 0 aliphatic heterocycles. The highest BCUT2D eigenvalue weighted by molar-refractivity contribution is 8.01. The van der Waals surface area contributed by atoms with E-state index in [9.17, 15) is 4.79 Å². The van der Waals surface area contributed by atoms with Crippen molar-refractivity contribution in [3.05, 3.63) is 45.8 Å². The molecule has 0 saturated heterocycles. The number of carbonyl (C=O) groups excluding carboxylic acids is 1. The molecular weight excluding hydrogens is 401 g/mol. The second kappa shape index (κ2) is 8.18. The molecule has 1 atom stereocenters. The maximum Gasteiger partial charge on any atom is 0.231 e. The van der Waals surface area contributed by atoms with Gasteiger partial charge in [0.25, 0.3) is 0 Å². The molecule has 0 radical (unpaired) electrons. The summed E-state index contributed by atoms with van der Waals surface area (Å²) in [6.07, 6.45) is 1.70. The summed E-state index contributed by atoms with van der Waals surface area (Å²) in [7, 11) is 0. The van der Waals surface area contributed by atoms with Crippen LogP contribution in [0.1, 0.15) is 18.8 Å². The normalized spacial score (nSPS) is 12.1. The van der Waals surface area contributed by atoms with Crippen LogP contribution in [0.2, 0.25) is 10.0 Å². The zero-order valence-electron chi connectivity index (χ0n) is 13.0. The summed E-state index contributed by atoms with van der Waals surface area (Å²) in [4.78, 5) is 19.6. The van der Waals surface area contributed by atoms with Crippen molar-refractivity contribution in [3.8, 4) is 11.3 Å². The second-order valence-electron chi connectivity index (χ2n) is 5.09. The Balaban J connectivity index is 1.61. The van der Waals surface area contributed by atoms with E-state index in [1.165, 1.54) is 23.1 Å². The molecule has 1 amide bonds. The van der Waals surface area contributed by atoms with Gasteiger partial charge in [0.1, 0.15) is 11.3 Å². The fourth-order valence-electron chi connectivity index (χ4n) is 2.07. The molecule has 0 spiro atoms. The first-order valence-corrected chi connectivity index (χ1v) is 9.83. The van der Waals surface area contributed by atoms with Gasteiger partial charge in [-0.1, -0.05) is 52.4 Å². The van der Waals surface area contributed by atoms with E-state index in [2.05, 4.69) is 25.5 Å². The predicted molar refractivity (Wildman–Crippen MR) is 101 cm³/mol. The van der Waals surface area contributed by atoms with Gasteiger partial charge in [0.15, 0.2) is 4.34 Å². The summed E-state index contributed by atoms with van der Waals surface area (Å²) in [5.41, 5.74) is 3.31. The minimum Gasteiger partial charge on any atom is -0.346 e. The molecule has 0 saturated carbocycles. The third-order valence-corrected chi connectivity index (χ3v) is 5.88. The number of amides is 1. The lowest BCUT2D eigenvalue weighted by Gasteiger charge is -2.11. The van der Waals surface area contributed by atoms with Gasteiger partial charge < -0.3 is 10.3 Å². The van der Waals surface area contributed by atoms with Gasteiger partial charge in [-0.15, -0.1) is 10.2 Å². The summed E-state index contributed by atoms with van der Waals surface area (Å²) in [6, 6.07) is 5.10. The molecule has 0 aliphatic carbocycles. The van der Waals surface area contributed by atoms with Crippen molar-refractivity contribution < 1.29 is 4.79 Å². The van der Waals surface area contributed by atoms with E-state index in [1.807, 2.05) is 13.0 Å². The number of hydrogen-bond acceptors (Lipinski definition) is 6. The minimum atomic E-state index is -0.251. The monoisotopic (exact) mass is 413 g/mol. The second-order valence-corrected chi connectivity index (χ2v) is 7.96. The van der Waals surface area contributed by atoms with E-state index >= 15 is 0 Å². The average Bonchev–Trinajstić information content (AvgIpc) is 3.27. The van der Waals surface area contributed by atoms with Crippen LogP contribution in [0, 0.1) is 0 Å². The van der Waals surface area contributed by atoms with Crippen LogP contribution < -0.4 is 5.32 Å². The summed E-state index contributed by atoms with van der Waals surface area (Å²) in [5.74, 6) is 0.843. The number of halogens is 2. The van der Waals surface area contributed by atoms with E-state index in [1.54, 1.807) is 23.8 Å². The van der Waals surface area contributed by atoms with Crippen LogP contribution in [0.4, 0.5) is 0 Å². The van der Waals surface area contributed by atoms with E-state index in [0.29, 0.717) is 15.9 Å². The number of aromatic nitrogens is 4. The third kappa shape index (κ3) is 4.72. The minimum absolute atomic E-state index is 0.0970. The molecule has 10 heteroatoms. The quantitative estimate of drug-likeness (QED) is 0.591. The Hall–Kier alpha value is -1.61. The number of hydrogen-bond donors (Lipinski definition) is 2. The molecule has 0 unspecified atom stereocenters. The maximum absolute atomic E-state index is 12.0. The van der Waals surface area contributed by atoms with Crippen LogP contribution in [-0.4, -0.2) is 31.8 Å². The van der Waals surface area contributed by atoms with Crippen molar-refractivity contribution in [3.63, 3.8) is 0 Å². The van der Waals surface area contributed by atoms with Gasteiger partial charge in [0.2, 0.25) is 5.91 Å². The summed E-state index contributed by atoms with van der Waals surface area (Å²) >= 11 is 14.7. The number of benzene rings is 1. The molecule has 2 aromatic heterocycles. The van der Waals surface area contributed by atoms with Crippen LogP contribution in [0.3, 0.4) is 0 Å². The van der Waals surface area contributed by atoms with Crippen molar-refractivity contribution in [2.45, 2.75) is 17.3 Å². The fraction of sp³-hybridized carbons (Fsp3) is 0.200. The Morgan fingerprint density at radius 1 is 1.40 bits per heavy atom. The Labute approximate surface area is 162 Å². The van der Waals surface area contributed by atoms with Crippen molar-refractivity contribution >= 4 is 52.2 Å².